The smallest absolute Gasteiger partial charge is 0.122 e. The Balaban J connectivity index is 1.79. The topological polar surface area (TPSA) is 12.5 Å². The Morgan fingerprint density at radius 1 is 1.33 bits per heavy atom. The normalized spacial score (nSPS) is 20.0. The summed E-state index contributed by atoms with van der Waals surface area (Å²) in [6.45, 7) is 13.5. The van der Waals surface area contributed by atoms with Gasteiger partial charge in [0.1, 0.15) is 5.75 Å². The molecule has 1 fully saturated rings. The molecule has 0 saturated carbocycles. The van der Waals surface area contributed by atoms with Gasteiger partial charge in [-0.25, -0.2) is 0 Å². The Labute approximate surface area is 130 Å². The van der Waals surface area contributed by atoms with Crippen LogP contribution in [-0.4, -0.2) is 31.1 Å². The maximum Gasteiger partial charge on any atom is 0.122 e. The molecule has 1 aromatic rings. The highest BCUT2D eigenvalue weighted by Crippen LogP contribution is 2.27. The van der Waals surface area contributed by atoms with Crippen LogP contribution in [0.15, 0.2) is 18.2 Å². The zero-order chi connectivity index (χ0) is 15.2. The van der Waals surface area contributed by atoms with Gasteiger partial charge in [-0.05, 0) is 61.8 Å². The van der Waals surface area contributed by atoms with Crippen LogP contribution in [0.25, 0.3) is 0 Å². The summed E-state index contributed by atoms with van der Waals surface area (Å²) >= 11 is 0. The van der Waals surface area contributed by atoms with Crippen molar-refractivity contribution < 1.29 is 4.74 Å². The average Bonchev–Trinajstić information content (AvgIpc) is 2.43. The maximum atomic E-state index is 6.07. The van der Waals surface area contributed by atoms with Gasteiger partial charge in [0.25, 0.3) is 0 Å². The molecule has 0 aliphatic carbocycles. The predicted molar refractivity (Wildman–Crippen MR) is 90.2 cm³/mol. The second kappa shape index (κ2) is 7.84. The van der Waals surface area contributed by atoms with Crippen molar-refractivity contribution >= 4 is 0 Å². The first-order valence-corrected chi connectivity index (χ1v) is 8.52. The van der Waals surface area contributed by atoms with Crippen molar-refractivity contribution in [2.24, 2.45) is 5.92 Å². The van der Waals surface area contributed by atoms with Gasteiger partial charge in [-0.2, -0.15) is 0 Å². The van der Waals surface area contributed by atoms with E-state index in [0.717, 1.165) is 24.7 Å². The van der Waals surface area contributed by atoms with Crippen molar-refractivity contribution in [2.75, 3.05) is 26.2 Å². The average molecular weight is 289 g/mol. The molecule has 1 aromatic carbocycles. The molecule has 1 atom stereocenters. The Morgan fingerprint density at radius 3 is 2.86 bits per heavy atom. The number of nitrogens with zero attached hydrogens (tertiary/aromatic N) is 1. The van der Waals surface area contributed by atoms with Gasteiger partial charge in [-0.3, -0.25) is 0 Å². The third-order valence-electron chi connectivity index (χ3n) is 4.41. The summed E-state index contributed by atoms with van der Waals surface area (Å²) < 4.78 is 6.07. The van der Waals surface area contributed by atoms with E-state index in [1.54, 1.807) is 0 Å². The summed E-state index contributed by atoms with van der Waals surface area (Å²) in [5, 5.41) is 0. The maximum absolute atomic E-state index is 6.07. The van der Waals surface area contributed by atoms with Crippen molar-refractivity contribution in [1.29, 1.82) is 0 Å². The minimum Gasteiger partial charge on any atom is -0.493 e. The Hall–Kier alpha value is -1.02. The van der Waals surface area contributed by atoms with Gasteiger partial charge >= 0.3 is 0 Å². The van der Waals surface area contributed by atoms with Gasteiger partial charge in [0.2, 0.25) is 0 Å². The minimum atomic E-state index is 0.517. The zero-order valence-electron chi connectivity index (χ0n) is 14.2. The van der Waals surface area contributed by atoms with Crippen LogP contribution in [0.3, 0.4) is 0 Å². The first-order chi connectivity index (χ1) is 10.1. The lowest BCUT2D eigenvalue weighted by atomic mass is 10.0. The highest BCUT2D eigenvalue weighted by molar-refractivity contribution is 5.39. The first-order valence-electron chi connectivity index (χ1n) is 8.52. The molecule has 0 amide bonds. The molecule has 2 heteroatoms. The molecule has 1 saturated heterocycles. The minimum absolute atomic E-state index is 0.517. The van der Waals surface area contributed by atoms with Crippen molar-refractivity contribution in [1.82, 2.24) is 4.90 Å². The summed E-state index contributed by atoms with van der Waals surface area (Å²) in [4.78, 5) is 2.59. The van der Waals surface area contributed by atoms with Gasteiger partial charge in [-0.1, -0.05) is 32.9 Å². The number of rotatable bonds is 6. The third kappa shape index (κ3) is 5.03. The van der Waals surface area contributed by atoms with E-state index < -0.39 is 0 Å². The highest BCUT2D eigenvalue weighted by atomic mass is 16.5. The monoisotopic (exact) mass is 289 g/mol. The largest absolute Gasteiger partial charge is 0.493 e. The van der Waals surface area contributed by atoms with Gasteiger partial charge < -0.3 is 9.64 Å². The van der Waals surface area contributed by atoms with E-state index in [1.165, 1.54) is 43.6 Å². The molecule has 0 bridgehead atoms. The predicted octanol–water partition coefficient (Wildman–Crippen LogP) is 4.62. The standard InChI is InChI=1S/C19H31NO/c1-15(2)18-9-8-16(3)13-19(18)21-12-6-11-20-10-5-7-17(4)14-20/h8-9,13,15,17H,5-7,10-12,14H2,1-4H3/t17-/m1/s1. The second-order valence-corrected chi connectivity index (χ2v) is 6.95. The molecule has 0 aromatic heterocycles. The van der Waals surface area contributed by atoms with Gasteiger partial charge in [0.15, 0.2) is 0 Å². The molecular formula is C19H31NO. The molecule has 1 heterocycles. The Kier molecular flexibility index (Phi) is 6.10. The molecule has 1 aliphatic heterocycles. The SMILES string of the molecule is Cc1ccc(C(C)C)c(OCCCN2CCC[C@@H](C)C2)c1. The van der Waals surface area contributed by atoms with Crippen LogP contribution in [0.2, 0.25) is 0 Å². The van der Waals surface area contributed by atoms with Crippen LogP contribution < -0.4 is 4.74 Å². The molecule has 2 rings (SSSR count). The quantitative estimate of drug-likeness (QED) is 0.709. The lowest BCUT2D eigenvalue weighted by molar-refractivity contribution is 0.169. The fourth-order valence-corrected chi connectivity index (χ4v) is 3.20. The fourth-order valence-electron chi connectivity index (χ4n) is 3.20. The highest BCUT2D eigenvalue weighted by Gasteiger charge is 2.15. The van der Waals surface area contributed by atoms with Gasteiger partial charge in [0, 0.05) is 13.1 Å². The van der Waals surface area contributed by atoms with Crippen LogP contribution >= 0.6 is 0 Å². The summed E-state index contributed by atoms with van der Waals surface area (Å²) in [5.74, 6) is 2.46. The van der Waals surface area contributed by atoms with E-state index in [1.807, 2.05) is 0 Å². The lowest BCUT2D eigenvalue weighted by Gasteiger charge is -2.30. The molecule has 0 N–H and O–H groups in total. The number of benzene rings is 1. The second-order valence-electron chi connectivity index (χ2n) is 6.95. The number of hydrogen-bond acceptors (Lipinski definition) is 2. The first kappa shape index (κ1) is 16.4. The van der Waals surface area contributed by atoms with E-state index in [4.69, 9.17) is 4.74 Å². The van der Waals surface area contributed by atoms with Crippen molar-refractivity contribution in [3.63, 3.8) is 0 Å². The van der Waals surface area contributed by atoms with E-state index in [9.17, 15) is 0 Å². The number of aryl methyl sites for hydroxylation is 1. The van der Waals surface area contributed by atoms with Gasteiger partial charge in [-0.15, -0.1) is 0 Å². The van der Waals surface area contributed by atoms with E-state index >= 15 is 0 Å². The number of ether oxygens (including phenoxy) is 1. The van der Waals surface area contributed by atoms with E-state index in [0.29, 0.717) is 5.92 Å². The molecule has 1 aliphatic rings. The van der Waals surface area contributed by atoms with Crippen molar-refractivity contribution in [3.05, 3.63) is 29.3 Å². The summed E-state index contributed by atoms with van der Waals surface area (Å²) in [6, 6.07) is 6.57. The Morgan fingerprint density at radius 2 is 2.14 bits per heavy atom. The number of likely N-dealkylation sites (tertiary alicyclic amines) is 1. The molecule has 21 heavy (non-hydrogen) atoms. The molecule has 2 nitrogen and oxygen atoms in total. The van der Waals surface area contributed by atoms with E-state index in [-0.39, 0.29) is 0 Å². The molecule has 0 spiro atoms. The van der Waals surface area contributed by atoms with Gasteiger partial charge in [0.05, 0.1) is 6.61 Å². The Bertz CT molecular complexity index is 441. The van der Waals surface area contributed by atoms with Crippen LogP contribution in [-0.2, 0) is 0 Å². The van der Waals surface area contributed by atoms with Crippen LogP contribution in [0.5, 0.6) is 5.75 Å². The fraction of sp³-hybridized carbons (Fsp3) is 0.684. The third-order valence-corrected chi connectivity index (χ3v) is 4.41. The lowest BCUT2D eigenvalue weighted by Crippen LogP contribution is -2.35. The number of hydrogen-bond donors (Lipinski definition) is 0. The molecule has 0 unspecified atom stereocenters. The van der Waals surface area contributed by atoms with Crippen LogP contribution in [0.4, 0.5) is 0 Å². The zero-order valence-corrected chi connectivity index (χ0v) is 14.2. The van der Waals surface area contributed by atoms with Crippen molar-refractivity contribution in [3.8, 4) is 5.75 Å². The number of piperidine rings is 1. The molecule has 118 valence electrons. The van der Waals surface area contributed by atoms with E-state index in [2.05, 4.69) is 50.8 Å². The van der Waals surface area contributed by atoms with Crippen LogP contribution in [0, 0.1) is 12.8 Å². The summed E-state index contributed by atoms with van der Waals surface area (Å²) in [5.41, 5.74) is 2.60. The molecule has 0 radical (unpaired) electrons. The summed E-state index contributed by atoms with van der Waals surface area (Å²) in [7, 11) is 0. The molecular weight excluding hydrogens is 258 g/mol. The summed E-state index contributed by atoms with van der Waals surface area (Å²) in [6.07, 6.45) is 3.88. The van der Waals surface area contributed by atoms with Crippen molar-refractivity contribution in [2.45, 2.75) is 52.9 Å². The van der Waals surface area contributed by atoms with Crippen LogP contribution in [0.1, 0.15) is 57.1 Å².